The minimum absolute atomic E-state index is 0.0266. The maximum atomic E-state index is 12.6. The van der Waals surface area contributed by atoms with Crippen LogP contribution in [0.25, 0.3) is 0 Å². The molecule has 7 heteroatoms. The van der Waals surface area contributed by atoms with Crippen LogP contribution in [0, 0.1) is 6.92 Å². The second kappa shape index (κ2) is 9.82. The van der Waals surface area contributed by atoms with Crippen LogP contribution in [0.1, 0.15) is 10.4 Å². The van der Waals surface area contributed by atoms with Crippen LogP contribution in [0.3, 0.4) is 0 Å². The van der Waals surface area contributed by atoms with E-state index >= 15 is 0 Å². The van der Waals surface area contributed by atoms with E-state index in [-0.39, 0.29) is 11.8 Å². The lowest BCUT2D eigenvalue weighted by atomic mass is 10.2. The minimum Gasteiger partial charge on any atom is -0.327 e. The Bertz CT molecular complexity index is 768. The molecule has 0 saturated carbocycles. The number of benzene rings is 1. The largest absolute Gasteiger partial charge is 0.327 e. The molecule has 2 amide bonds. The zero-order valence-electron chi connectivity index (χ0n) is 16.7. The van der Waals surface area contributed by atoms with Crippen molar-refractivity contribution in [1.29, 1.82) is 0 Å². The predicted molar refractivity (Wildman–Crippen MR) is 112 cm³/mol. The van der Waals surface area contributed by atoms with Crippen molar-refractivity contribution in [2.24, 2.45) is 0 Å². The number of quaternary nitrogens is 2. The number of amides is 2. The van der Waals surface area contributed by atoms with Gasteiger partial charge in [-0.3, -0.25) is 9.59 Å². The van der Waals surface area contributed by atoms with Gasteiger partial charge in [0.15, 0.2) is 13.1 Å². The van der Waals surface area contributed by atoms with Crippen LogP contribution in [0.4, 0.5) is 5.69 Å². The fraction of sp³-hybridized carbons (Fsp3) is 0.429. The van der Waals surface area contributed by atoms with E-state index in [4.69, 9.17) is 0 Å². The second-order valence-electron chi connectivity index (χ2n) is 7.61. The number of aryl methyl sites for hydroxylation is 1. The molecule has 0 aliphatic carbocycles. The summed E-state index contributed by atoms with van der Waals surface area (Å²) in [5.74, 6) is 0.232. The van der Waals surface area contributed by atoms with Gasteiger partial charge in [-0.1, -0.05) is 23.8 Å². The highest BCUT2D eigenvalue weighted by atomic mass is 32.1. The molecule has 3 rings (SSSR count). The molecule has 150 valence electrons. The summed E-state index contributed by atoms with van der Waals surface area (Å²) in [6, 6.07) is 12.0. The zero-order valence-corrected chi connectivity index (χ0v) is 17.5. The standard InChI is InChI=1S/C21H28N4O2S/c1-17-5-7-18(8-6-17)22-20(26)15-24-9-11-25(12-10-24)21(27)16-23(2)14-19-4-3-13-28-19/h3-8,13H,9-12,14-16H2,1-2H3,(H,22,26)/p+2. The number of carbonyl (C=O) groups is 2. The normalized spacial score (nSPS) is 16.0. The maximum absolute atomic E-state index is 12.6. The highest BCUT2D eigenvalue weighted by Gasteiger charge is 2.26. The van der Waals surface area contributed by atoms with Crippen molar-refractivity contribution in [2.45, 2.75) is 13.5 Å². The van der Waals surface area contributed by atoms with Gasteiger partial charge in [-0.25, -0.2) is 0 Å². The van der Waals surface area contributed by atoms with Gasteiger partial charge in [-0.15, -0.1) is 11.3 Å². The van der Waals surface area contributed by atoms with E-state index in [0.717, 1.165) is 38.4 Å². The Labute approximate surface area is 170 Å². The average molecular weight is 403 g/mol. The summed E-state index contributed by atoms with van der Waals surface area (Å²) >= 11 is 1.73. The van der Waals surface area contributed by atoms with Crippen LogP contribution < -0.4 is 15.1 Å². The molecule has 0 bridgehead atoms. The van der Waals surface area contributed by atoms with Gasteiger partial charge < -0.3 is 20.0 Å². The zero-order chi connectivity index (χ0) is 19.9. The molecule has 1 fully saturated rings. The van der Waals surface area contributed by atoms with E-state index in [1.807, 2.05) is 42.2 Å². The Morgan fingerprint density at radius 3 is 2.54 bits per heavy atom. The summed E-state index contributed by atoms with van der Waals surface area (Å²) in [6.07, 6.45) is 0. The summed E-state index contributed by atoms with van der Waals surface area (Å²) in [6.45, 7) is 6.94. The van der Waals surface area contributed by atoms with Crippen molar-refractivity contribution in [1.82, 2.24) is 4.90 Å². The quantitative estimate of drug-likeness (QED) is 0.581. The van der Waals surface area contributed by atoms with Gasteiger partial charge >= 0.3 is 0 Å². The molecule has 2 heterocycles. The topological polar surface area (TPSA) is 58.3 Å². The summed E-state index contributed by atoms with van der Waals surface area (Å²) in [7, 11) is 2.06. The molecule has 0 spiro atoms. The monoisotopic (exact) mass is 402 g/mol. The van der Waals surface area contributed by atoms with Crippen LogP contribution in [-0.2, 0) is 16.1 Å². The molecule has 1 aliphatic heterocycles. The highest BCUT2D eigenvalue weighted by Crippen LogP contribution is 2.08. The third kappa shape index (κ3) is 6.15. The molecule has 0 radical (unpaired) electrons. The first-order valence-electron chi connectivity index (χ1n) is 9.81. The molecule has 6 nitrogen and oxygen atoms in total. The first kappa shape index (κ1) is 20.5. The molecule has 2 aromatic rings. The Hall–Kier alpha value is -2.22. The first-order chi connectivity index (χ1) is 13.5. The van der Waals surface area contributed by atoms with Crippen LogP contribution in [0.5, 0.6) is 0 Å². The van der Waals surface area contributed by atoms with E-state index in [9.17, 15) is 9.59 Å². The van der Waals surface area contributed by atoms with E-state index in [1.54, 1.807) is 11.3 Å². The van der Waals surface area contributed by atoms with Crippen molar-refractivity contribution in [3.63, 3.8) is 0 Å². The molecule has 1 aliphatic rings. The lowest BCUT2D eigenvalue weighted by molar-refractivity contribution is -0.896. The molecule has 3 N–H and O–H groups in total. The van der Waals surface area contributed by atoms with Crippen LogP contribution in [0.15, 0.2) is 41.8 Å². The predicted octanol–water partition coefficient (Wildman–Crippen LogP) is -0.563. The van der Waals surface area contributed by atoms with Crippen LogP contribution in [0.2, 0.25) is 0 Å². The number of nitrogens with zero attached hydrogens (tertiary/aromatic N) is 1. The van der Waals surface area contributed by atoms with Crippen molar-refractivity contribution in [3.05, 3.63) is 52.2 Å². The fourth-order valence-corrected chi connectivity index (χ4v) is 4.28. The minimum atomic E-state index is 0.0266. The van der Waals surface area contributed by atoms with Crippen molar-refractivity contribution in [2.75, 3.05) is 51.6 Å². The molecular weight excluding hydrogens is 372 g/mol. The SMILES string of the molecule is Cc1ccc(NC(=O)C[NH+]2CCN(C(=O)C[NH+](C)Cc3cccs3)CC2)cc1. The summed E-state index contributed by atoms with van der Waals surface area (Å²) in [4.78, 5) is 30.5. The van der Waals surface area contributed by atoms with E-state index in [1.165, 1.54) is 20.2 Å². The molecule has 1 aromatic carbocycles. The number of thiophene rings is 1. The van der Waals surface area contributed by atoms with Gasteiger partial charge in [0.2, 0.25) is 0 Å². The van der Waals surface area contributed by atoms with Gasteiger partial charge in [-0.2, -0.15) is 0 Å². The van der Waals surface area contributed by atoms with Crippen molar-refractivity contribution < 1.29 is 19.4 Å². The smallest absolute Gasteiger partial charge is 0.279 e. The molecule has 1 unspecified atom stereocenters. The first-order valence-corrected chi connectivity index (χ1v) is 10.7. The molecule has 1 saturated heterocycles. The summed E-state index contributed by atoms with van der Waals surface area (Å²) in [5.41, 5.74) is 2.01. The van der Waals surface area contributed by atoms with Crippen LogP contribution >= 0.6 is 11.3 Å². The number of hydrogen-bond donors (Lipinski definition) is 3. The number of rotatable bonds is 7. The average Bonchev–Trinajstić information content (AvgIpc) is 3.17. The van der Waals surface area contributed by atoms with Gasteiger partial charge in [0, 0.05) is 5.69 Å². The number of piperazine rings is 1. The van der Waals surface area contributed by atoms with E-state index in [2.05, 4.69) is 23.8 Å². The van der Waals surface area contributed by atoms with E-state index in [0.29, 0.717) is 13.1 Å². The van der Waals surface area contributed by atoms with Gasteiger partial charge in [0.25, 0.3) is 11.8 Å². The number of carbonyl (C=O) groups excluding carboxylic acids is 2. The number of hydrogen-bond acceptors (Lipinski definition) is 3. The fourth-order valence-electron chi connectivity index (χ4n) is 3.46. The third-order valence-electron chi connectivity index (χ3n) is 5.08. The lowest BCUT2D eigenvalue weighted by Crippen LogP contribution is -3.16. The second-order valence-corrected chi connectivity index (χ2v) is 8.64. The molecule has 1 aromatic heterocycles. The van der Waals surface area contributed by atoms with E-state index < -0.39 is 0 Å². The Morgan fingerprint density at radius 2 is 1.89 bits per heavy atom. The maximum Gasteiger partial charge on any atom is 0.279 e. The molecule has 28 heavy (non-hydrogen) atoms. The molecular formula is C21H30N4O2S+2. The number of likely N-dealkylation sites (N-methyl/N-ethyl adjacent to an activating group) is 1. The van der Waals surface area contributed by atoms with Gasteiger partial charge in [0.1, 0.15) is 6.54 Å². The molecule has 1 atom stereocenters. The van der Waals surface area contributed by atoms with Crippen molar-refractivity contribution >= 4 is 28.8 Å². The summed E-state index contributed by atoms with van der Waals surface area (Å²) in [5, 5.41) is 5.03. The number of anilines is 1. The van der Waals surface area contributed by atoms with Crippen molar-refractivity contribution in [3.8, 4) is 0 Å². The van der Waals surface area contributed by atoms with Gasteiger partial charge in [-0.05, 0) is 30.5 Å². The highest BCUT2D eigenvalue weighted by molar-refractivity contribution is 7.09. The Balaban J connectivity index is 1.38. The van der Waals surface area contributed by atoms with Crippen LogP contribution in [-0.4, -0.2) is 63.0 Å². The Morgan fingerprint density at radius 1 is 1.18 bits per heavy atom. The Kier molecular flexibility index (Phi) is 7.19. The number of nitrogens with one attached hydrogen (secondary N) is 3. The third-order valence-corrected chi connectivity index (χ3v) is 5.95. The lowest BCUT2D eigenvalue weighted by Gasteiger charge is -2.32. The summed E-state index contributed by atoms with van der Waals surface area (Å²) < 4.78 is 0. The van der Waals surface area contributed by atoms with Gasteiger partial charge in [0.05, 0.1) is 38.1 Å².